The van der Waals surface area contributed by atoms with Crippen LogP contribution in [0.3, 0.4) is 0 Å². The molecule has 0 radical (unpaired) electrons. The maximum atomic E-state index is 9.10. The van der Waals surface area contributed by atoms with Crippen molar-refractivity contribution in [3.63, 3.8) is 0 Å². The third-order valence-electron chi connectivity index (χ3n) is 12.6. The number of anilines is 2. The van der Waals surface area contributed by atoms with Crippen LogP contribution in [0.5, 0.6) is 11.5 Å². The molecule has 0 amide bonds. The average molecular weight is 767 g/mol. The molecule has 3 heterocycles. The monoisotopic (exact) mass is 766 g/mol. The van der Waals surface area contributed by atoms with Gasteiger partial charge in [0.15, 0.2) is 0 Å². The van der Waals surface area contributed by atoms with Gasteiger partial charge >= 0.3 is 0 Å². The van der Waals surface area contributed by atoms with Crippen molar-refractivity contribution >= 4 is 33.2 Å². The van der Waals surface area contributed by atoms with E-state index in [0.717, 1.165) is 52.6 Å². The van der Waals surface area contributed by atoms with Gasteiger partial charge in [-0.15, -0.1) is 0 Å². The van der Waals surface area contributed by atoms with Crippen LogP contribution in [-0.4, -0.2) is 28.3 Å². The highest BCUT2D eigenvalue weighted by Crippen LogP contribution is 2.56. The van der Waals surface area contributed by atoms with E-state index in [1.54, 1.807) is 18.2 Å². The summed E-state index contributed by atoms with van der Waals surface area (Å²) in [6.07, 6.45) is 4.86. The van der Waals surface area contributed by atoms with Gasteiger partial charge in [-0.1, -0.05) is 124 Å². The lowest BCUT2D eigenvalue weighted by molar-refractivity contribution is 0.389. The average Bonchev–Trinajstić information content (AvgIpc) is 4.13. The number of fused-ring (bicyclic) bond motifs is 8. The van der Waals surface area contributed by atoms with Crippen molar-refractivity contribution in [2.75, 3.05) is 16.5 Å². The van der Waals surface area contributed by atoms with Gasteiger partial charge in [-0.05, 0) is 95.7 Å². The third-order valence-corrected chi connectivity index (χ3v) is 12.6. The molecule has 3 fully saturated rings. The molecule has 2 saturated carbocycles. The van der Waals surface area contributed by atoms with Gasteiger partial charge in [0.25, 0.3) is 0 Å². The normalized spacial score (nSPS) is 22.4. The van der Waals surface area contributed by atoms with E-state index in [1.807, 2.05) is 42.6 Å². The lowest BCUT2D eigenvalue weighted by Crippen LogP contribution is -2.42. The summed E-state index contributed by atoms with van der Waals surface area (Å²) in [6.45, 7) is 6.90. The summed E-state index contributed by atoms with van der Waals surface area (Å²) in [5.74, 6) is 2.71. The summed E-state index contributed by atoms with van der Waals surface area (Å²) in [5, 5.41) is 2.19. The molecule has 0 spiro atoms. The maximum absolute atomic E-state index is 9.10. The Hall–Kier alpha value is -6.33. The van der Waals surface area contributed by atoms with Crippen molar-refractivity contribution in [2.24, 2.45) is 11.8 Å². The number of pyridine rings is 1. The molecular weight excluding hydrogens is 709 g/mol. The van der Waals surface area contributed by atoms with Crippen molar-refractivity contribution in [2.45, 2.75) is 57.5 Å². The molecule has 2 unspecified atom stereocenters. The molecular formula is C53H48N4O. The predicted molar refractivity (Wildman–Crippen MR) is 239 cm³/mol. The Bertz CT molecular complexity index is 3260. The Morgan fingerprint density at radius 2 is 1.29 bits per heavy atom. The molecule has 2 aromatic heterocycles. The van der Waals surface area contributed by atoms with Crippen LogP contribution in [0.2, 0.25) is 0 Å². The molecule has 8 aromatic rings. The smallest absolute Gasteiger partial charge is 0.137 e. The second-order valence-corrected chi connectivity index (χ2v) is 16.9. The van der Waals surface area contributed by atoms with Gasteiger partial charge in [0.05, 0.1) is 49.2 Å². The zero-order chi connectivity index (χ0) is 47.7. The maximum Gasteiger partial charge on any atom is 0.137 e. The van der Waals surface area contributed by atoms with Crippen LogP contribution in [0.15, 0.2) is 164 Å². The SMILES string of the molecule is [2H]c1c([2H])c([2H])c(-c2cccc(-c3c([2H])c([2H])c([2H])c([2H])c3[2H])c2N2CN(c3cccc(Oc4ccc5c6ccccc6n(-c6cc(C(C)(C)C)ccn6)c5c4)c3)[C@@H]3C2C2CC[C@@H]3C2)c([2H])c1[2H]. The number of aromatic nitrogens is 2. The van der Waals surface area contributed by atoms with Gasteiger partial charge in [0.1, 0.15) is 17.3 Å². The Morgan fingerprint density at radius 1 is 0.638 bits per heavy atom. The largest absolute Gasteiger partial charge is 0.457 e. The van der Waals surface area contributed by atoms with Crippen LogP contribution < -0.4 is 14.5 Å². The van der Waals surface area contributed by atoms with E-state index in [1.165, 1.54) is 5.56 Å². The van der Waals surface area contributed by atoms with Crippen molar-refractivity contribution in [3.8, 4) is 39.6 Å². The number of benzene rings is 6. The first-order valence-electron chi connectivity index (χ1n) is 25.1. The van der Waals surface area contributed by atoms with E-state index in [4.69, 9.17) is 23.4 Å². The summed E-state index contributed by atoms with van der Waals surface area (Å²) < 4.78 is 96.6. The lowest BCUT2D eigenvalue weighted by atomic mass is 9.88. The van der Waals surface area contributed by atoms with E-state index in [-0.39, 0.29) is 58.7 Å². The van der Waals surface area contributed by atoms with E-state index < -0.39 is 36.3 Å². The van der Waals surface area contributed by atoms with Crippen LogP contribution in [0, 0.1) is 11.8 Å². The summed E-state index contributed by atoms with van der Waals surface area (Å²) in [6, 6.07) is 27.3. The zero-order valence-electron chi connectivity index (χ0n) is 42.6. The molecule has 2 bridgehead atoms. The van der Waals surface area contributed by atoms with Crippen LogP contribution >= 0.6 is 0 Å². The van der Waals surface area contributed by atoms with Gasteiger partial charge < -0.3 is 14.5 Å². The molecule has 1 aliphatic heterocycles. The summed E-state index contributed by atoms with van der Waals surface area (Å²) in [4.78, 5) is 9.42. The zero-order valence-corrected chi connectivity index (χ0v) is 32.6. The Labute approximate surface area is 355 Å². The van der Waals surface area contributed by atoms with Gasteiger partial charge in [-0.25, -0.2) is 4.98 Å². The first kappa shape index (κ1) is 25.8. The molecule has 4 atom stereocenters. The number of hydrogen-bond acceptors (Lipinski definition) is 4. The Kier molecular flexibility index (Phi) is 6.08. The fourth-order valence-corrected chi connectivity index (χ4v) is 10.1. The first-order chi connectivity index (χ1) is 32.5. The van der Waals surface area contributed by atoms with E-state index in [9.17, 15) is 0 Å². The molecule has 5 nitrogen and oxygen atoms in total. The quantitative estimate of drug-likeness (QED) is 0.162. The van der Waals surface area contributed by atoms with Crippen molar-refractivity contribution in [1.82, 2.24) is 9.55 Å². The van der Waals surface area contributed by atoms with Crippen LogP contribution in [-0.2, 0) is 5.41 Å². The fourth-order valence-electron chi connectivity index (χ4n) is 10.1. The number of ether oxygens (including phenoxy) is 1. The van der Waals surface area contributed by atoms with Gasteiger partial charge in [0, 0.05) is 45.9 Å². The van der Waals surface area contributed by atoms with Gasteiger partial charge in [0.2, 0.25) is 0 Å². The predicted octanol–water partition coefficient (Wildman–Crippen LogP) is 13.1. The minimum atomic E-state index is -0.514. The standard InChI is InChI=1S/C53H48N4O/c1-53(2,3)39-28-29-54-49(31-39)57-47-23-11-10-20-45(47)46-27-26-42(33-48(46)57)58-41-19-12-18-40(32-41)55-34-56(51-38-25-24-37(30-38)50(51)55)52-43(35-14-6-4-7-15-35)21-13-22-44(52)36-16-8-5-9-17-36/h4-23,26-29,31-33,37-38,50-51H,24-25,30,34H2,1-3H3/t37-,38?,50+,51?/m1/s1/i4D,5D,6D,7D,8D,9D,14D,15D,16D,17D. The summed E-state index contributed by atoms with van der Waals surface area (Å²) in [5.41, 5.74) is 5.14. The molecule has 2 aliphatic carbocycles. The Balaban J connectivity index is 1.03. The molecule has 11 rings (SSSR count). The van der Waals surface area contributed by atoms with Crippen molar-refractivity contribution < 1.29 is 18.4 Å². The summed E-state index contributed by atoms with van der Waals surface area (Å²) >= 11 is 0. The molecule has 1 saturated heterocycles. The molecule has 58 heavy (non-hydrogen) atoms. The molecule has 0 N–H and O–H groups in total. The highest BCUT2D eigenvalue weighted by Gasteiger charge is 2.57. The highest BCUT2D eigenvalue weighted by molar-refractivity contribution is 6.09. The minimum absolute atomic E-state index is 0.0116. The fraction of sp³-hybridized carbons (Fsp3) is 0.226. The number of para-hydroxylation sites is 2. The highest BCUT2D eigenvalue weighted by atomic mass is 16.5. The minimum Gasteiger partial charge on any atom is -0.457 e. The number of hydrogen-bond donors (Lipinski definition) is 0. The van der Waals surface area contributed by atoms with E-state index in [0.29, 0.717) is 40.9 Å². The molecule has 5 heteroatoms. The second-order valence-electron chi connectivity index (χ2n) is 16.9. The number of nitrogens with zero attached hydrogens (tertiary/aromatic N) is 4. The molecule has 286 valence electrons. The lowest BCUT2D eigenvalue weighted by Gasteiger charge is -2.34. The van der Waals surface area contributed by atoms with Crippen LogP contribution in [0.25, 0.3) is 49.9 Å². The molecule has 3 aliphatic rings. The first-order valence-corrected chi connectivity index (χ1v) is 20.1. The van der Waals surface area contributed by atoms with Crippen LogP contribution in [0.4, 0.5) is 11.4 Å². The Morgan fingerprint density at radius 3 is 2.02 bits per heavy atom. The van der Waals surface area contributed by atoms with Crippen molar-refractivity contribution in [1.29, 1.82) is 0 Å². The summed E-state index contributed by atoms with van der Waals surface area (Å²) in [7, 11) is 0. The van der Waals surface area contributed by atoms with Crippen molar-refractivity contribution in [3.05, 3.63) is 169 Å². The van der Waals surface area contributed by atoms with E-state index in [2.05, 4.69) is 77.6 Å². The van der Waals surface area contributed by atoms with Gasteiger partial charge in [-0.3, -0.25) is 4.57 Å². The topological polar surface area (TPSA) is 33.5 Å². The van der Waals surface area contributed by atoms with Crippen LogP contribution in [0.1, 0.15) is 59.3 Å². The second kappa shape index (κ2) is 13.7. The number of rotatable bonds is 7. The van der Waals surface area contributed by atoms with Gasteiger partial charge in [-0.2, -0.15) is 0 Å². The van der Waals surface area contributed by atoms with E-state index >= 15 is 0 Å². The third kappa shape index (κ3) is 5.78. The molecule has 6 aromatic carbocycles.